The molecule has 0 aliphatic carbocycles. The summed E-state index contributed by atoms with van der Waals surface area (Å²) in [5.41, 5.74) is -4.09. The molecule has 0 bridgehead atoms. The lowest BCUT2D eigenvalue weighted by Gasteiger charge is -2.47. The number of pyridine rings is 1. The summed E-state index contributed by atoms with van der Waals surface area (Å²) in [4.78, 5) is 14.3. The molecular weight excluding hydrogens is 352 g/mol. The largest absolute Gasteiger partial charge is 0.475 e. The van der Waals surface area contributed by atoms with Crippen molar-refractivity contribution in [1.29, 1.82) is 0 Å². The van der Waals surface area contributed by atoms with Crippen LogP contribution in [0.15, 0.2) is 24.5 Å². The average Bonchev–Trinajstić information content (AvgIpc) is 2.51. The minimum absolute atomic E-state index is 0.133. The smallest absolute Gasteiger partial charge is 0.291 e. The molecule has 140 valence electrons. The van der Waals surface area contributed by atoms with Gasteiger partial charge in [-0.1, -0.05) is 6.07 Å². The molecule has 0 saturated carbocycles. The van der Waals surface area contributed by atoms with Crippen LogP contribution in [0.1, 0.15) is 37.8 Å². The van der Waals surface area contributed by atoms with E-state index in [9.17, 15) is 31.1 Å². The molecule has 2 atom stereocenters. The maximum atomic E-state index is 13.7. The summed E-state index contributed by atoms with van der Waals surface area (Å²) in [5, 5.41) is 1.20. The predicted molar refractivity (Wildman–Crippen MR) is 75.3 cm³/mol. The molecule has 25 heavy (non-hydrogen) atoms. The third-order valence-corrected chi connectivity index (χ3v) is 4.39. The van der Waals surface area contributed by atoms with Crippen molar-refractivity contribution in [2.45, 2.75) is 50.2 Å². The minimum Gasteiger partial charge on any atom is -0.291 e. The highest BCUT2D eigenvalue weighted by molar-refractivity contribution is 5.73. The van der Waals surface area contributed by atoms with Crippen molar-refractivity contribution in [3.05, 3.63) is 30.1 Å². The molecule has 0 radical (unpaired) electrons. The number of hydrogen-bond acceptors (Lipinski definition) is 2. The second kappa shape index (κ2) is 6.81. The first-order valence-electron chi connectivity index (χ1n) is 7.69. The predicted octanol–water partition coefficient (Wildman–Crippen LogP) is 2.15. The fourth-order valence-corrected chi connectivity index (χ4v) is 3.42. The Kier molecular flexibility index (Phi) is 5.31. The van der Waals surface area contributed by atoms with Gasteiger partial charge in [0.1, 0.15) is 6.04 Å². The fraction of sp³-hybridized carbons (Fsp3) is 0.600. The number of piperidine rings is 1. The zero-order chi connectivity index (χ0) is 18.9. The number of halogens is 6. The average molecular weight is 370 g/mol. The monoisotopic (exact) mass is 370 g/mol. The molecule has 10 heteroatoms. The molecule has 2 heterocycles. The van der Waals surface area contributed by atoms with Crippen LogP contribution in [0.25, 0.3) is 0 Å². The van der Waals surface area contributed by atoms with Gasteiger partial charge < -0.3 is 0 Å². The first-order chi connectivity index (χ1) is 11.5. The molecule has 1 aromatic heterocycles. The van der Waals surface area contributed by atoms with Gasteiger partial charge in [-0.25, -0.2) is 0 Å². The lowest BCUT2D eigenvalue weighted by molar-refractivity contribution is -1.01. The third kappa shape index (κ3) is 3.58. The molecule has 1 aromatic rings. The molecule has 1 saturated heterocycles. The van der Waals surface area contributed by atoms with Gasteiger partial charge in [0.15, 0.2) is 0 Å². The van der Waals surface area contributed by atoms with Gasteiger partial charge in [-0.3, -0.25) is 20.0 Å². The van der Waals surface area contributed by atoms with Crippen LogP contribution < -0.4 is 10.2 Å². The van der Waals surface area contributed by atoms with E-state index in [4.69, 9.17) is 0 Å². The van der Waals surface area contributed by atoms with E-state index in [2.05, 4.69) is 4.98 Å². The third-order valence-electron chi connectivity index (χ3n) is 4.39. The van der Waals surface area contributed by atoms with E-state index in [1.54, 1.807) is 0 Å². The van der Waals surface area contributed by atoms with Crippen molar-refractivity contribution in [3.63, 3.8) is 0 Å². The van der Waals surface area contributed by atoms with Crippen LogP contribution in [0.5, 0.6) is 0 Å². The van der Waals surface area contributed by atoms with Gasteiger partial charge in [0, 0.05) is 31.3 Å². The second-order valence-electron chi connectivity index (χ2n) is 6.04. The summed E-state index contributed by atoms with van der Waals surface area (Å²) >= 11 is 0. The number of carbonyl (C=O) groups excluding carboxylic acids is 1. The SMILES string of the molecule is CC(=O)NC([NH+]1CCCC[C@H]1c1cccnc1)(C(F)(F)F)C(F)(F)F. The van der Waals surface area contributed by atoms with Crippen LogP contribution in [-0.4, -0.2) is 35.5 Å². The number of alkyl halides is 6. The molecule has 4 nitrogen and oxygen atoms in total. The van der Waals surface area contributed by atoms with Crippen molar-refractivity contribution >= 4 is 5.91 Å². The van der Waals surface area contributed by atoms with E-state index in [0.29, 0.717) is 13.3 Å². The lowest BCUT2D eigenvalue weighted by atomic mass is 9.91. The highest BCUT2D eigenvalue weighted by atomic mass is 19.4. The van der Waals surface area contributed by atoms with Gasteiger partial charge in [-0.15, -0.1) is 0 Å². The van der Waals surface area contributed by atoms with Crippen LogP contribution in [-0.2, 0) is 4.79 Å². The number of rotatable bonds is 3. The Morgan fingerprint density at radius 1 is 1.20 bits per heavy atom. The van der Waals surface area contributed by atoms with E-state index >= 15 is 0 Å². The molecule has 0 spiro atoms. The Hall–Kier alpha value is -1.84. The Bertz CT molecular complexity index is 588. The highest BCUT2D eigenvalue weighted by Gasteiger charge is 2.80. The number of nitrogens with zero attached hydrogens (tertiary/aromatic N) is 1. The second-order valence-corrected chi connectivity index (χ2v) is 6.04. The molecule has 0 aromatic carbocycles. The van der Waals surface area contributed by atoms with Crippen molar-refractivity contribution < 1.29 is 36.0 Å². The number of amides is 1. The Morgan fingerprint density at radius 3 is 2.32 bits per heavy atom. The zero-order valence-electron chi connectivity index (χ0n) is 13.3. The van der Waals surface area contributed by atoms with Gasteiger partial charge in [0.25, 0.3) is 0 Å². The maximum Gasteiger partial charge on any atom is 0.475 e. The summed E-state index contributed by atoms with van der Waals surface area (Å²) in [6, 6.07) is 1.83. The Morgan fingerprint density at radius 2 is 1.84 bits per heavy atom. The van der Waals surface area contributed by atoms with Gasteiger partial charge in [0.05, 0.1) is 6.54 Å². The Labute approximate surface area is 140 Å². The molecule has 1 unspecified atom stereocenters. The molecule has 1 aliphatic rings. The summed E-state index contributed by atoms with van der Waals surface area (Å²) in [6.45, 7) is 0.271. The number of quaternary nitrogens is 1. The van der Waals surface area contributed by atoms with Crippen molar-refractivity contribution in [2.24, 2.45) is 0 Å². The van der Waals surface area contributed by atoms with E-state index in [0.717, 1.165) is 0 Å². The Balaban J connectivity index is 2.62. The lowest BCUT2D eigenvalue weighted by Crippen LogP contribution is -3.27. The maximum absolute atomic E-state index is 13.7. The van der Waals surface area contributed by atoms with E-state index in [-0.39, 0.29) is 24.9 Å². The first-order valence-corrected chi connectivity index (χ1v) is 7.69. The first kappa shape index (κ1) is 19.5. The van der Waals surface area contributed by atoms with E-state index in [1.807, 2.05) is 0 Å². The zero-order valence-corrected chi connectivity index (χ0v) is 13.3. The normalized spacial score (nSPS) is 22.5. The number of likely N-dealkylation sites (tertiary alicyclic amines) is 1. The van der Waals surface area contributed by atoms with Gasteiger partial charge >= 0.3 is 18.0 Å². The molecular formula is C15H18F6N3O+. The van der Waals surface area contributed by atoms with Gasteiger partial charge in [-0.05, 0) is 18.9 Å². The molecule has 2 rings (SSSR count). The van der Waals surface area contributed by atoms with Crippen LogP contribution in [0.3, 0.4) is 0 Å². The summed E-state index contributed by atoms with van der Waals surface area (Å²) < 4.78 is 82.4. The molecule has 1 amide bonds. The van der Waals surface area contributed by atoms with Crippen molar-refractivity contribution in [1.82, 2.24) is 10.3 Å². The fourth-order valence-electron chi connectivity index (χ4n) is 3.42. The summed E-state index contributed by atoms with van der Waals surface area (Å²) in [5.74, 6) is -1.39. The summed E-state index contributed by atoms with van der Waals surface area (Å²) in [6.07, 6.45) is -7.96. The topological polar surface area (TPSA) is 46.4 Å². The van der Waals surface area contributed by atoms with E-state index in [1.165, 1.54) is 29.8 Å². The van der Waals surface area contributed by atoms with Crippen LogP contribution in [0.2, 0.25) is 0 Å². The number of aromatic nitrogens is 1. The number of nitrogens with one attached hydrogen (secondary N) is 2. The minimum atomic E-state index is -5.72. The van der Waals surface area contributed by atoms with E-state index < -0.39 is 34.9 Å². The molecule has 2 N–H and O–H groups in total. The standard InChI is InChI=1S/C15H17F6N3O/c1-10(25)23-13(14(16,17)18,15(19,20)21)24-8-3-2-6-12(24)11-5-4-7-22-9-11/h4-5,7,9,12H,2-3,6,8H2,1H3,(H,23,25)/p+1/t12-/m0/s1. The van der Waals surface area contributed by atoms with Crippen molar-refractivity contribution in [2.75, 3.05) is 6.54 Å². The molecule has 1 aliphatic heterocycles. The quantitative estimate of drug-likeness (QED) is 0.801. The van der Waals surface area contributed by atoms with Gasteiger partial charge in [0.2, 0.25) is 5.91 Å². The highest BCUT2D eigenvalue weighted by Crippen LogP contribution is 2.41. The van der Waals surface area contributed by atoms with Crippen LogP contribution in [0, 0.1) is 0 Å². The summed E-state index contributed by atoms with van der Waals surface area (Å²) in [7, 11) is 0. The van der Waals surface area contributed by atoms with Crippen LogP contribution in [0.4, 0.5) is 26.3 Å². The molecule has 1 fully saturated rings. The number of hydrogen-bond donors (Lipinski definition) is 2. The van der Waals surface area contributed by atoms with Crippen LogP contribution >= 0.6 is 0 Å². The number of carbonyl (C=O) groups is 1. The van der Waals surface area contributed by atoms with Crippen molar-refractivity contribution in [3.8, 4) is 0 Å². The van der Waals surface area contributed by atoms with Gasteiger partial charge in [-0.2, -0.15) is 26.3 Å².